The van der Waals surface area contributed by atoms with Crippen molar-refractivity contribution in [2.45, 2.75) is 11.8 Å². The smallest absolute Gasteiger partial charge is 0.323 e. The zero-order valence-electron chi connectivity index (χ0n) is 10.2. The summed E-state index contributed by atoms with van der Waals surface area (Å²) in [7, 11) is 2.46. The maximum atomic E-state index is 13.3. The number of alkyl halides is 2. The summed E-state index contributed by atoms with van der Waals surface area (Å²) in [5, 5.41) is 0. The molecule has 0 aliphatic rings. The number of rotatable bonds is 5. The quantitative estimate of drug-likeness (QED) is 0.810. The number of nitrogens with two attached hydrogens (primary N) is 1. The lowest BCUT2D eigenvalue weighted by Gasteiger charge is -2.29. The van der Waals surface area contributed by atoms with E-state index in [1.807, 2.05) is 0 Å². The minimum atomic E-state index is -2.97. The standard InChI is InChI=1S/C12H15F2NO3/c1-17-9-5-3-4-8(6-9)12(7-15,10(13)14)11(16)18-2/h3-6,10H,7,15H2,1-2H3. The van der Waals surface area contributed by atoms with Crippen LogP contribution in [0.4, 0.5) is 8.78 Å². The van der Waals surface area contributed by atoms with Gasteiger partial charge in [-0.1, -0.05) is 12.1 Å². The Morgan fingerprint density at radius 1 is 1.44 bits per heavy atom. The number of halogens is 2. The molecule has 6 heteroatoms. The van der Waals surface area contributed by atoms with Crippen LogP contribution in [0.2, 0.25) is 0 Å². The lowest BCUT2D eigenvalue weighted by Crippen LogP contribution is -2.49. The maximum Gasteiger partial charge on any atom is 0.323 e. The largest absolute Gasteiger partial charge is 0.497 e. The minimum absolute atomic E-state index is 0.0752. The third-order valence-corrected chi connectivity index (χ3v) is 2.83. The molecule has 1 rings (SSSR count). The number of hydrogen-bond acceptors (Lipinski definition) is 4. The van der Waals surface area contributed by atoms with E-state index in [4.69, 9.17) is 10.5 Å². The van der Waals surface area contributed by atoms with E-state index < -0.39 is 24.4 Å². The van der Waals surface area contributed by atoms with Gasteiger partial charge in [-0.15, -0.1) is 0 Å². The molecule has 0 amide bonds. The number of carbonyl (C=O) groups excluding carboxylic acids is 1. The molecule has 0 bridgehead atoms. The van der Waals surface area contributed by atoms with Gasteiger partial charge in [0, 0.05) is 6.54 Å². The van der Waals surface area contributed by atoms with Gasteiger partial charge < -0.3 is 15.2 Å². The van der Waals surface area contributed by atoms with E-state index in [0.29, 0.717) is 5.75 Å². The van der Waals surface area contributed by atoms with E-state index >= 15 is 0 Å². The number of hydrogen-bond donors (Lipinski definition) is 1. The number of methoxy groups -OCH3 is 2. The molecule has 18 heavy (non-hydrogen) atoms. The SMILES string of the molecule is COC(=O)C(CN)(c1cccc(OC)c1)C(F)F. The summed E-state index contributed by atoms with van der Waals surface area (Å²) in [5.74, 6) is -0.692. The summed E-state index contributed by atoms with van der Waals surface area (Å²) < 4.78 is 36.0. The molecule has 0 aromatic heterocycles. The zero-order valence-corrected chi connectivity index (χ0v) is 10.2. The molecule has 2 N–H and O–H groups in total. The fraction of sp³-hybridized carbons (Fsp3) is 0.417. The molecular formula is C12H15F2NO3. The summed E-state index contributed by atoms with van der Waals surface area (Å²) in [6, 6.07) is 5.87. The van der Waals surface area contributed by atoms with Gasteiger partial charge in [0.05, 0.1) is 14.2 Å². The summed E-state index contributed by atoms with van der Waals surface area (Å²) in [5.41, 5.74) is 3.30. The molecule has 1 unspecified atom stereocenters. The Morgan fingerprint density at radius 2 is 2.11 bits per heavy atom. The van der Waals surface area contributed by atoms with Crippen LogP contribution in [0.25, 0.3) is 0 Å². The molecule has 100 valence electrons. The van der Waals surface area contributed by atoms with Gasteiger partial charge in [-0.25, -0.2) is 8.78 Å². The summed E-state index contributed by atoms with van der Waals surface area (Å²) in [6.45, 7) is -0.551. The first-order chi connectivity index (χ1) is 8.52. The van der Waals surface area contributed by atoms with Crippen LogP contribution < -0.4 is 10.5 Å². The van der Waals surface area contributed by atoms with Crippen molar-refractivity contribution in [2.24, 2.45) is 5.73 Å². The predicted octanol–water partition coefficient (Wildman–Crippen LogP) is 1.33. The van der Waals surface area contributed by atoms with E-state index in [0.717, 1.165) is 7.11 Å². The molecule has 0 spiro atoms. The summed E-state index contributed by atoms with van der Waals surface area (Å²) in [6.07, 6.45) is -2.97. The molecule has 4 nitrogen and oxygen atoms in total. The summed E-state index contributed by atoms with van der Waals surface area (Å²) >= 11 is 0. The van der Waals surface area contributed by atoms with Gasteiger partial charge >= 0.3 is 5.97 Å². The molecule has 0 aliphatic carbocycles. The minimum Gasteiger partial charge on any atom is -0.497 e. The van der Waals surface area contributed by atoms with E-state index in [2.05, 4.69) is 4.74 Å². The molecule has 1 aromatic rings. The number of carbonyl (C=O) groups is 1. The second kappa shape index (κ2) is 5.77. The Labute approximate surface area is 104 Å². The van der Waals surface area contributed by atoms with E-state index in [1.165, 1.54) is 25.3 Å². The van der Waals surface area contributed by atoms with Crippen LogP contribution in [0, 0.1) is 0 Å². The van der Waals surface area contributed by atoms with Crippen LogP contribution in [0.15, 0.2) is 24.3 Å². The molecule has 0 aliphatic heterocycles. The van der Waals surface area contributed by atoms with Crippen LogP contribution in [-0.4, -0.2) is 33.2 Å². The van der Waals surface area contributed by atoms with Crippen LogP contribution >= 0.6 is 0 Å². The van der Waals surface area contributed by atoms with Crippen molar-refractivity contribution in [1.29, 1.82) is 0 Å². The third kappa shape index (κ3) is 2.28. The van der Waals surface area contributed by atoms with Gasteiger partial charge in [0.2, 0.25) is 0 Å². The van der Waals surface area contributed by atoms with Gasteiger partial charge in [-0.05, 0) is 17.7 Å². The van der Waals surface area contributed by atoms with Crippen LogP contribution in [0.3, 0.4) is 0 Å². The average Bonchev–Trinajstić information content (AvgIpc) is 2.39. The average molecular weight is 259 g/mol. The molecule has 1 aromatic carbocycles. The van der Waals surface area contributed by atoms with Crippen molar-refractivity contribution in [3.05, 3.63) is 29.8 Å². The Kier molecular flexibility index (Phi) is 4.61. The molecule has 0 saturated carbocycles. The Hall–Kier alpha value is -1.69. The second-order valence-corrected chi connectivity index (χ2v) is 3.70. The molecule has 0 heterocycles. The lowest BCUT2D eigenvalue weighted by atomic mass is 9.80. The van der Waals surface area contributed by atoms with Crippen LogP contribution in [0.5, 0.6) is 5.75 Å². The highest BCUT2D eigenvalue weighted by atomic mass is 19.3. The van der Waals surface area contributed by atoms with Gasteiger partial charge in [-0.2, -0.15) is 0 Å². The lowest BCUT2D eigenvalue weighted by molar-refractivity contribution is -0.153. The maximum absolute atomic E-state index is 13.3. The first-order valence-electron chi connectivity index (χ1n) is 5.24. The second-order valence-electron chi connectivity index (χ2n) is 3.70. The predicted molar refractivity (Wildman–Crippen MR) is 61.7 cm³/mol. The van der Waals surface area contributed by atoms with Crippen molar-refractivity contribution in [1.82, 2.24) is 0 Å². The van der Waals surface area contributed by atoms with E-state index in [1.54, 1.807) is 6.07 Å². The molecule has 1 atom stereocenters. The normalized spacial score (nSPS) is 14.1. The van der Waals surface area contributed by atoms with Crippen molar-refractivity contribution >= 4 is 5.97 Å². The molecule has 0 fully saturated rings. The Morgan fingerprint density at radius 3 is 2.56 bits per heavy atom. The molecule has 0 saturated heterocycles. The number of benzene rings is 1. The highest BCUT2D eigenvalue weighted by Gasteiger charge is 2.49. The van der Waals surface area contributed by atoms with Gasteiger partial charge in [-0.3, -0.25) is 4.79 Å². The Balaban J connectivity index is 3.37. The van der Waals surface area contributed by atoms with Crippen molar-refractivity contribution in [2.75, 3.05) is 20.8 Å². The fourth-order valence-corrected chi connectivity index (χ4v) is 1.71. The highest BCUT2D eigenvalue weighted by Crippen LogP contribution is 2.33. The zero-order chi connectivity index (χ0) is 13.8. The first-order valence-corrected chi connectivity index (χ1v) is 5.24. The summed E-state index contributed by atoms with van der Waals surface area (Å²) in [4.78, 5) is 11.7. The van der Waals surface area contributed by atoms with E-state index in [9.17, 15) is 13.6 Å². The van der Waals surface area contributed by atoms with Crippen molar-refractivity contribution < 1.29 is 23.0 Å². The van der Waals surface area contributed by atoms with Gasteiger partial charge in [0.25, 0.3) is 6.43 Å². The van der Waals surface area contributed by atoms with Crippen molar-refractivity contribution in [3.8, 4) is 5.75 Å². The monoisotopic (exact) mass is 259 g/mol. The number of ether oxygens (including phenoxy) is 2. The number of esters is 1. The van der Waals surface area contributed by atoms with Crippen LogP contribution in [-0.2, 0) is 14.9 Å². The van der Waals surface area contributed by atoms with Crippen LogP contribution in [0.1, 0.15) is 5.56 Å². The molecular weight excluding hydrogens is 244 g/mol. The third-order valence-electron chi connectivity index (χ3n) is 2.83. The first kappa shape index (κ1) is 14.4. The Bertz CT molecular complexity index is 426. The van der Waals surface area contributed by atoms with Gasteiger partial charge in [0.1, 0.15) is 5.75 Å². The van der Waals surface area contributed by atoms with Crippen molar-refractivity contribution in [3.63, 3.8) is 0 Å². The van der Waals surface area contributed by atoms with E-state index in [-0.39, 0.29) is 5.56 Å². The topological polar surface area (TPSA) is 61.5 Å². The fourth-order valence-electron chi connectivity index (χ4n) is 1.71. The molecule has 0 radical (unpaired) electrons. The van der Waals surface area contributed by atoms with Gasteiger partial charge in [0.15, 0.2) is 5.41 Å². The highest BCUT2D eigenvalue weighted by molar-refractivity contribution is 5.84.